The highest BCUT2D eigenvalue weighted by atomic mass is 35.5. The Morgan fingerprint density at radius 1 is 1.28 bits per heavy atom. The minimum absolute atomic E-state index is 0.241. The predicted octanol–water partition coefficient (Wildman–Crippen LogP) is 2.80. The molecule has 90 valence electrons. The molecule has 0 aliphatic carbocycles. The molecule has 3 rings (SSSR count). The minimum atomic E-state index is -0.435. The number of hydrogen-bond acceptors (Lipinski definition) is 3. The Balaban J connectivity index is 2.34. The summed E-state index contributed by atoms with van der Waals surface area (Å²) < 4.78 is 14.9. The summed E-state index contributed by atoms with van der Waals surface area (Å²) in [7, 11) is 0. The molecule has 0 saturated carbocycles. The Hall–Kier alpha value is -2.14. The van der Waals surface area contributed by atoms with Gasteiger partial charge >= 0.3 is 0 Å². The van der Waals surface area contributed by atoms with Gasteiger partial charge in [0.1, 0.15) is 11.3 Å². The van der Waals surface area contributed by atoms with Crippen LogP contribution < -0.4 is 5.73 Å². The quantitative estimate of drug-likeness (QED) is 0.734. The van der Waals surface area contributed by atoms with Crippen molar-refractivity contribution >= 4 is 28.7 Å². The lowest BCUT2D eigenvalue weighted by Gasteiger charge is -2.06. The first kappa shape index (κ1) is 11.0. The van der Waals surface area contributed by atoms with Crippen LogP contribution in [-0.2, 0) is 0 Å². The number of aromatic nitrogens is 3. The third kappa shape index (κ3) is 1.69. The molecule has 0 unspecified atom stereocenters. The number of rotatable bonds is 1. The van der Waals surface area contributed by atoms with E-state index >= 15 is 0 Å². The van der Waals surface area contributed by atoms with E-state index < -0.39 is 5.82 Å². The first-order chi connectivity index (χ1) is 8.65. The second-order valence-electron chi connectivity index (χ2n) is 3.78. The molecule has 0 atom stereocenters. The zero-order valence-electron chi connectivity index (χ0n) is 9.14. The number of nitrogens with zero attached hydrogens (tertiary/aromatic N) is 3. The number of nitrogen functional groups attached to an aromatic ring is 1. The number of benzene rings is 1. The molecule has 1 aromatic carbocycles. The Labute approximate surface area is 107 Å². The van der Waals surface area contributed by atoms with Gasteiger partial charge < -0.3 is 5.73 Å². The molecule has 0 radical (unpaired) electrons. The predicted molar refractivity (Wildman–Crippen MR) is 68.2 cm³/mol. The molecule has 0 saturated heterocycles. The topological polar surface area (TPSA) is 56.7 Å². The fourth-order valence-electron chi connectivity index (χ4n) is 1.85. The third-order valence-electron chi connectivity index (χ3n) is 2.55. The second kappa shape index (κ2) is 3.96. The summed E-state index contributed by atoms with van der Waals surface area (Å²) in [5, 5.41) is 0.294. The molecule has 2 N–H and O–H groups in total. The van der Waals surface area contributed by atoms with Crippen LogP contribution in [0.2, 0.25) is 5.02 Å². The maximum Gasteiger partial charge on any atom is 0.207 e. The van der Waals surface area contributed by atoms with Crippen LogP contribution in [0.4, 0.5) is 10.3 Å². The van der Waals surface area contributed by atoms with Crippen LogP contribution in [0.15, 0.2) is 36.5 Å². The van der Waals surface area contributed by atoms with Gasteiger partial charge in [-0.15, -0.1) is 0 Å². The van der Waals surface area contributed by atoms with E-state index in [9.17, 15) is 4.39 Å². The summed E-state index contributed by atoms with van der Waals surface area (Å²) in [6.45, 7) is 0. The zero-order chi connectivity index (χ0) is 12.7. The average Bonchev–Trinajstić information content (AvgIpc) is 2.63. The van der Waals surface area contributed by atoms with Gasteiger partial charge in [-0.05, 0) is 30.3 Å². The first-order valence-electron chi connectivity index (χ1n) is 5.20. The van der Waals surface area contributed by atoms with Crippen molar-refractivity contribution in [2.24, 2.45) is 0 Å². The Morgan fingerprint density at radius 2 is 2.11 bits per heavy atom. The van der Waals surface area contributed by atoms with Gasteiger partial charge in [-0.2, -0.15) is 0 Å². The third-order valence-corrected chi connectivity index (χ3v) is 2.77. The van der Waals surface area contributed by atoms with Crippen LogP contribution in [0.5, 0.6) is 0 Å². The van der Waals surface area contributed by atoms with Crippen LogP contribution in [-0.4, -0.2) is 14.5 Å². The van der Waals surface area contributed by atoms with Crippen molar-refractivity contribution < 1.29 is 4.39 Å². The monoisotopic (exact) mass is 262 g/mol. The molecule has 18 heavy (non-hydrogen) atoms. The van der Waals surface area contributed by atoms with Gasteiger partial charge in [0.05, 0.1) is 5.69 Å². The molecule has 0 aliphatic rings. The molecular formula is C12H8ClFN4. The fraction of sp³-hybridized carbons (Fsp3) is 0. The van der Waals surface area contributed by atoms with Gasteiger partial charge in [-0.1, -0.05) is 11.6 Å². The van der Waals surface area contributed by atoms with Crippen molar-refractivity contribution in [3.8, 4) is 5.69 Å². The van der Waals surface area contributed by atoms with Crippen molar-refractivity contribution in [1.29, 1.82) is 0 Å². The number of imidazole rings is 1. The van der Waals surface area contributed by atoms with E-state index in [0.29, 0.717) is 21.9 Å². The van der Waals surface area contributed by atoms with E-state index in [4.69, 9.17) is 17.3 Å². The van der Waals surface area contributed by atoms with Gasteiger partial charge in [0.15, 0.2) is 5.65 Å². The van der Waals surface area contributed by atoms with Gasteiger partial charge in [0, 0.05) is 11.2 Å². The Morgan fingerprint density at radius 3 is 2.89 bits per heavy atom. The molecular weight excluding hydrogens is 255 g/mol. The van der Waals surface area contributed by atoms with E-state index in [1.165, 1.54) is 12.1 Å². The number of anilines is 1. The lowest BCUT2D eigenvalue weighted by atomic mass is 10.3. The van der Waals surface area contributed by atoms with Crippen molar-refractivity contribution in [3.63, 3.8) is 0 Å². The highest BCUT2D eigenvalue weighted by Gasteiger charge is 2.11. The normalized spacial score (nSPS) is 11.0. The van der Waals surface area contributed by atoms with Crippen LogP contribution in [0.3, 0.4) is 0 Å². The number of fused-ring (bicyclic) bond motifs is 1. The van der Waals surface area contributed by atoms with Crippen molar-refractivity contribution in [1.82, 2.24) is 14.5 Å². The lowest BCUT2D eigenvalue weighted by Crippen LogP contribution is -2.01. The van der Waals surface area contributed by atoms with Gasteiger partial charge in [0.2, 0.25) is 5.95 Å². The second-order valence-corrected chi connectivity index (χ2v) is 4.22. The van der Waals surface area contributed by atoms with Crippen molar-refractivity contribution in [2.45, 2.75) is 0 Å². The van der Waals surface area contributed by atoms with Gasteiger partial charge in [-0.25, -0.2) is 14.4 Å². The molecule has 0 fully saturated rings. The van der Waals surface area contributed by atoms with E-state index in [-0.39, 0.29) is 5.95 Å². The molecule has 6 heteroatoms. The van der Waals surface area contributed by atoms with Gasteiger partial charge in [-0.3, -0.25) is 4.57 Å². The minimum Gasteiger partial charge on any atom is -0.369 e. The summed E-state index contributed by atoms with van der Waals surface area (Å²) in [4.78, 5) is 8.35. The SMILES string of the molecule is Nc1nc2cccnc2n1-c1cc(F)cc(Cl)c1. The first-order valence-corrected chi connectivity index (χ1v) is 5.58. The number of hydrogen-bond donors (Lipinski definition) is 1. The average molecular weight is 263 g/mol. The Kier molecular flexibility index (Phi) is 2.41. The molecule has 0 bridgehead atoms. The number of nitrogens with two attached hydrogens (primary N) is 1. The van der Waals surface area contributed by atoms with E-state index in [0.717, 1.165) is 0 Å². The van der Waals surface area contributed by atoms with Gasteiger partial charge in [0.25, 0.3) is 0 Å². The Bertz CT molecular complexity index is 718. The summed E-state index contributed by atoms with van der Waals surface area (Å²) in [6.07, 6.45) is 1.63. The summed E-state index contributed by atoms with van der Waals surface area (Å²) in [6, 6.07) is 7.72. The maximum atomic E-state index is 13.4. The fourth-order valence-corrected chi connectivity index (χ4v) is 2.07. The number of halogens is 2. The molecule has 0 amide bonds. The maximum absolute atomic E-state index is 13.4. The van der Waals surface area contributed by atoms with Crippen LogP contribution in [0.25, 0.3) is 16.9 Å². The largest absolute Gasteiger partial charge is 0.369 e. The molecule has 4 nitrogen and oxygen atoms in total. The molecule has 0 aliphatic heterocycles. The molecule has 0 spiro atoms. The summed E-state index contributed by atoms with van der Waals surface area (Å²) in [5.41, 5.74) is 7.55. The zero-order valence-corrected chi connectivity index (χ0v) is 9.89. The van der Waals surface area contributed by atoms with Crippen molar-refractivity contribution in [2.75, 3.05) is 5.73 Å². The van der Waals surface area contributed by atoms with Crippen LogP contribution >= 0.6 is 11.6 Å². The van der Waals surface area contributed by atoms with Crippen LogP contribution in [0, 0.1) is 5.82 Å². The highest BCUT2D eigenvalue weighted by Crippen LogP contribution is 2.24. The summed E-state index contributed by atoms with van der Waals surface area (Å²) >= 11 is 5.84. The standard InChI is InChI=1S/C12H8ClFN4/c13-7-4-8(14)6-9(5-7)18-11-10(17-12(18)15)2-1-3-16-11/h1-6H,(H2,15,17). The molecule has 2 heterocycles. The van der Waals surface area contributed by atoms with E-state index in [1.807, 2.05) is 0 Å². The van der Waals surface area contributed by atoms with Crippen LogP contribution in [0.1, 0.15) is 0 Å². The van der Waals surface area contributed by atoms with E-state index in [1.54, 1.807) is 29.0 Å². The van der Waals surface area contributed by atoms with E-state index in [2.05, 4.69) is 9.97 Å². The number of pyridine rings is 1. The summed E-state index contributed by atoms with van der Waals surface area (Å²) in [5.74, 6) is -0.194. The highest BCUT2D eigenvalue weighted by molar-refractivity contribution is 6.30. The molecule has 2 aromatic heterocycles. The lowest BCUT2D eigenvalue weighted by molar-refractivity contribution is 0.627. The van der Waals surface area contributed by atoms with Crippen molar-refractivity contribution in [3.05, 3.63) is 47.4 Å². The smallest absolute Gasteiger partial charge is 0.207 e. The molecule has 3 aromatic rings.